The molecule has 0 saturated carbocycles. The van der Waals surface area contributed by atoms with Crippen LogP contribution in [0.3, 0.4) is 0 Å². The summed E-state index contributed by atoms with van der Waals surface area (Å²) >= 11 is 0. The van der Waals surface area contributed by atoms with E-state index in [0.29, 0.717) is 11.4 Å². The second-order valence-corrected chi connectivity index (χ2v) is 2.66. The largest absolute Gasteiger partial charge is 0.365 e. The van der Waals surface area contributed by atoms with E-state index in [2.05, 4.69) is 5.10 Å². The minimum Gasteiger partial charge on any atom is -0.365 e. The predicted octanol–water partition coefficient (Wildman–Crippen LogP) is -0.474. The van der Waals surface area contributed by atoms with Crippen LogP contribution in [0, 0.1) is 13.8 Å². The predicted molar refractivity (Wildman–Crippen MR) is 45.2 cm³/mol. The number of rotatable bonds is 1. The fourth-order valence-electron chi connectivity index (χ4n) is 1.21. The van der Waals surface area contributed by atoms with E-state index in [1.165, 1.54) is 0 Å². The van der Waals surface area contributed by atoms with Crippen molar-refractivity contribution in [2.75, 3.05) is 0 Å². The molecule has 1 aromatic rings. The Morgan fingerprint density at radius 1 is 1.31 bits per heavy atom. The first-order valence-electron chi connectivity index (χ1n) is 3.61. The van der Waals surface area contributed by atoms with Gasteiger partial charge in [-0.25, -0.2) is 4.79 Å². The Balaban J connectivity index is 3.39. The number of amides is 2. The monoisotopic (exact) mass is 182 g/mol. The normalized spacial score (nSPS) is 10.0. The van der Waals surface area contributed by atoms with Crippen molar-refractivity contribution in [1.82, 2.24) is 9.78 Å². The number of aryl methyl sites for hydroxylation is 1. The zero-order valence-electron chi connectivity index (χ0n) is 7.37. The Hall–Kier alpha value is -1.85. The number of primary amides is 2. The first kappa shape index (κ1) is 9.24. The third-order valence-corrected chi connectivity index (χ3v) is 1.75. The molecule has 0 spiro atoms. The minimum atomic E-state index is -0.729. The van der Waals surface area contributed by atoms with Crippen LogP contribution in [0.25, 0.3) is 0 Å². The third kappa shape index (κ3) is 1.37. The van der Waals surface area contributed by atoms with Crippen molar-refractivity contribution < 1.29 is 9.59 Å². The summed E-state index contributed by atoms with van der Waals surface area (Å²) in [5.41, 5.74) is 11.1. The SMILES string of the molecule is Cc1nn(C(N)=O)c(C)c1C(N)=O. The quantitative estimate of drug-likeness (QED) is 0.613. The molecule has 0 aliphatic rings. The molecule has 6 heteroatoms. The van der Waals surface area contributed by atoms with Crippen LogP contribution in [0.4, 0.5) is 4.79 Å². The summed E-state index contributed by atoms with van der Waals surface area (Å²) < 4.78 is 0.954. The van der Waals surface area contributed by atoms with E-state index in [1.54, 1.807) is 13.8 Å². The number of carbonyl (C=O) groups excluding carboxylic acids is 2. The van der Waals surface area contributed by atoms with Gasteiger partial charge in [-0.3, -0.25) is 4.79 Å². The molecule has 1 rings (SSSR count). The zero-order chi connectivity index (χ0) is 10.2. The summed E-state index contributed by atoms with van der Waals surface area (Å²) in [6, 6.07) is -0.729. The highest BCUT2D eigenvalue weighted by atomic mass is 16.2. The second kappa shape index (κ2) is 2.89. The van der Waals surface area contributed by atoms with Crippen LogP contribution in [0.1, 0.15) is 21.7 Å². The van der Waals surface area contributed by atoms with E-state index in [1.807, 2.05) is 0 Å². The van der Waals surface area contributed by atoms with E-state index < -0.39 is 11.9 Å². The van der Waals surface area contributed by atoms with Gasteiger partial charge in [0.2, 0.25) is 0 Å². The standard InChI is InChI=1S/C7H10N4O2/c1-3-5(6(8)12)4(2)11(10-3)7(9)13/h1-2H3,(H2,8,12)(H2,9,13). The molecule has 1 heterocycles. The van der Waals surface area contributed by atoms with Crippen LogP contribution in [-0.4, -0.2) is 21.7 Å². The topological polar surface area (TPSA) is 104 Å². The van der Waals surface area contributed by atoms with Gasteiger partial charge in [0.25, 0.3) is 5.91 Å². The number of hydrogen-bond donors (Lipinski definition) is 2. The average molecular weight is 182 g/mol. The lowest BCUT2D eigenvalue weighted by molar-refractivity contribution is 0.0999. The van der Waals surface area contributed by atoms with Crippen molar-refractivity contribution in [3.8, 4) is 0 Å². The van der Waals surface area contributed by atoms with Crippen molar-refractivity contribution in [2.24, 2.45) is 11.5 Å². The van der Waals surface area contributed by atoms with Crippen LogP contribution in [-0.2, 0) is 0 Å². The highest BCUT2D eigenvalue weighted by Crippen LogP contribution is 2.10. The lowest BCUT2D eigenvalue weighted by Gasteiger charge is -1.96. The van der Waals surface area contributed by atoms with E-state index in [0.717, 1.165) is 4.68 Å². The summed E-state index contributed by atoms with van der Waals surface area (Å²) in [4.78, 5) is 21.7. The molecule has 2 amide bonds. The third-order valence-electron chi connectivity index (χ3n) is 1.75. The summed E-state index contributed by atoms with van der Waals surface area (Å²) in [5, 5.41) is 3.77. The van der Waals surface area contributed by atoms with Crippen molar-refractivity contribution in [3.63, 3.8) is 0 Å². The van der Waals surface area contributed by atoms with Crippen molar-refractivity contribution >= 4 is 11.9 Å². The highest BCUT2D eigenvalue weighted by Gasteiger charge is 2.17. The molecule has 0 saturated heterocycles. The Kier molecular flexibility index (Phi) is 2.05. The van der Waals surface area contributed by atoms with E-state index >= 15 is 0 Å². The molecular weight excluding hydrogens is 172 g/mol. The van der Waals surface area contributed by atoms with Crippen molar-refractivity contribution in [3.05, 3.63) is 17.0 Å². The van der Waals surface area contributed by atoms with Gasteiger partial charge >= 0.3 is 6.03 Å². The van der Waals surface area contributed by atoms with Crippen LogP contribution in [0.5, 0.6) is 0 Å². The molecular formula is C7H10N4O2. The Morgan fingerprint density at radius 2 is 1.85 bits per heavy atom. The molecule has 0 aromatic carbocycles. The first-order chi connectivity index (χ1) is 5.95. The van der Waals surface area contributed by atoms with Gasteiger partial charge in [0.05, 0.1) is 17.0 Å². The van der Waals surface area contributed by atoms with E-state index in [-0.39, 0.29) is 5.56 Å². The van der Waals surface area contributed by atoms with Gasteiger partial charge in [-0.05, 0) is 13.8 Å². The minimum absolute atomic E-state index is 0.249. The molecule has 4 N–H and O–H groups in total. The lowest BCUT2D eigenvalue weighted by Crippen LogP contribution is -2.22. The van der Waals surface area contributed by atoms with Crippen molar-refractivity contribution in [1.29, 1.82) is 0 Å². The smallest absolute Gasteiger partial charge is 0.339 e. The van der Waals surface area contributed by atoms with Crippen LogP contribution in [0.2, 0.25) is 0 Å². The second-order valence-electron chi connectivity index (χ2n) is 2.66. The molecule has 0 atom stereocenters. The maximum absolute atomic E-state index is 10.9. The summed E-state index contributed by atoms with van der Waals surface area (Å²) in [5.74, 6) is -0.609. The number of aromatic nitrogens is 2. The van der Waals surface area contributed by atoms with Gasteiger partial charge in [-0.15, -0.1) is 0 Å². The molecule has 13 heavy (non-hydrogen) atoms. The highest BCUT2D eigenvalue weighted by molar-refractivity contribution is 5.96. The average Bonchev–Trinajstić information content (AvgIpc) is 2.26. The zero-order valence-corrected chi connectivity index (χ0v) is 7.37. The fraction of sp³-hybridized carbons (Fsp3) is 0.286. The van der Waals surface area contributed by atoms with Crippen molar-refractivity contribution in [2.45, 2.75) is 13.8 Å². The number of nitrogens with zero attached hydrogens (tertiary/aromatic N) is 2. The molecule has 0 unspecified atom stereocenters. The molecule has 0 bridgehead atoms. The summed E-state index contributed by atoms with van der Waals surface area (Å²) in [6.07, 6.45) is 0. The van der Waals surface area contributed by atoms with Gasteiger partial charge in [0, 0.05) is 0 Å². The lowest BCUT2D eigenvalue weighted by atomic mass is 10.2. The molecule has 0 aliphatic carbocycles. The maximum atomic E-state index is 10.9. The van der Waals surface area contributed by atoms with Gasteiger partial charge in [-0.2, -0.15) is 9.78 Å². The molecule has 0 fully saturated rings. The molecule has 1 aromatic heterocycles. The van der Waals surface area contributed by atoms with Gasteiger partial charge in [-0.1, -0.05) is 0 Å². The van der Waals surface area contributed by atoms with Gasteiger partial charge in [0.1, 0.15) is 0 Å². The number of nitrogens with two attached hydrogens (primary N) is 2. The number of hydrogen-bond acceptors (Lipinski definition) is 3. The van der Waals surface area contributed by atoms with E-state index in [9.17, 15) is 9.59 Å². The molecule has 0 aliphatic heterocycles. The Labute approximate surface area is 74.5 Å². The fourth-order valence-corrected chi connectivity index (χ4v) is 1.21. The summed E-state index contributed by atoms with van der Waals surface area (Å²) in [7, 11) is 0. The van der Waals surface area contributed by atoms with Crippen LogP contribution < -0.4 is 11.5 Å². The molecule has 6 nitrogen and oxygen atoms in total. The Bertz CT molecular complexity index is 380. The van der Waals surface area contributed by atoms with Crippen LogP contribution in [0.15, 0.2) is 0 Å². The van der Waals surface area contributed by atoms with Crippen LogP contribution >= 0.6 is 0 Å². The summed E-state index contributed by atoms with van der Waals surface area (Å²) in [6.45, 7) is 3.15. The number of carbonyl (C=O) groups is 2. The molecule has 70 valence electrons. The first-order valence-corrected chi connectivity index (χ1v) is 3.61. The Morgan fingerprint density at radius 3 is 2.08 bits per heavy atom. The maximum Gasteiger partial charge on any atom is 0.339 e. The van der Waals surface area contributed by atoms with Gasteiger partial charge < -0.3 is 11.5 Å². The molecule has 0 radical (unpaired) electrons. The van der Waals surface area contributed by atoms with Gasteiger partial charge in [0.15, 0.2) is 0 Å². The van der Waals surface area contributed by atoms with E-state index in [4.69, 9.17) is 11.5 Å².